The highest BCUT2D eigenvalue weighted by atomic mass is 19.4. The molecule has 2 aromatic heterocycles. The summed E-state index contributed by atoms with van der Waals surface area (Å²) >= 11 is 0. The summed E-state index contributed by atoms with van der Waals surface area (Å²) in [5.74, 6) is -1.14. The van der Waals surface area contributed by atoms with Crippen LogP contribution >= 0.6 is 0 Å². The lowest BCUT2D eigenvalue weighted by molar-refractivity contribution is -0.143. The van der Waals surface area contributed by atoms with Crippen molar-refractivity contribution in [3.05, 3.63) is 35.8 Å². The van der Waals surface area contributed by atoms with Crippen LogP contribution in [0, 0.1) is 0 Å². The van der Waals surface area contributed by atoms with E-state index in [4.69, 9.17) is 4.74 Å². The maximum absolute atomic E-state index is 13.3. The molecular weight excluding hydrogens is 303 g/mol. The van der Waals surface area contributed by atoms with Gasteiger partial charge in [0.25, 0.3) is 0 Å². The topological polar surface area (TPSA) is 66.2 Å². The molecule has 0 aliphatic heterocycles. The summed E-state index contributed by atoms with van der Waals surface area (Å²) in [6.07, 6.45) is -2.63. The molecule has 0 spiro atoms. The predicted octanol–water partition coefficient (Wildman–Crippen LogP) is 2.47. The van der Waals surface area contributed by atoms with E-state index in [0.717, 1.165) is 6.20 Å². The lowest BCUT2D eigenvalue weighted by atomic mass is 10.2. The summed E-state index contributed by atoms with van der Waals surface area (Å²) in [5.41, 5.74) is -1.94. The third-order valence-electron chi connectivity index (χ3n) is 2.71. The number of carbonyl (C=O) groups is 1. The van der Waals surface area contributed by atoms with E-state index in [9.17, 15) is 18.0 Å². The maximum Gasteiger partial charge on any atom is 0.434 e. The molecule has 0 saturated heterocycles. The molecule has 9 heteroatoms. The Balaban J connectivity index is 2.65. The third kappa shape index (κ3) is 2.87. The molecule has 0 unspecified atom stereocenters. The second-order valence-corrected chi connectivity index (χ2v) is 4.07. The molecule has 0 aliphatic carbocycles. The summed E-state index contributed by atoms with van der Waals surface area (Å²) in [5, 5.41) is 3.64. The van der Waals surface area contributed by atoms with Crippen molar-refractivity contribution in [3.63, 3.8) is 0 Å². The number of carbonyl (C=O) groups excluding carboxylic acids is 1. The molecule has 22 heavy (non-hydrogen) atoms. The van der Waals surface area contributed by atoms with Crippen molar-refractivity contribution in [3.8, 4) is 11.6 Å². The fraction of sp³-hybridized carbons (Fsp3) is 0.308. The number of alkyl halides is 3. The highest BCUT2D eigenvalue weighted by Crippen LogP contribution is 2.35. The number of rotatable bonds is 4. The predicted molar refractivity (Wildman–Crippen MR) is 68.9 cm³/mol. The van der Waals surface area contributed by atoms with Gasteiger partial charge in [-0.25, -0.2) is 14.5 Å². The molecule has 0 saturated carbocycles. The van der Waals surface area contributed by atoms with Gasteiger partial charge in [0, 0.05) is 6.20 Å². The number of esters is 1. The highest BCUT2D eigenvalue weighted by molar-refractivity contribution is 5.90. The molecule has 0 atom stereocenters. The molecule has 0 aromatic carbocycles. The van der Waals surface area contributed by atoms with Crippen LogP contribution in [0.4, 0.5) is 13.2 Å². The summed E-state index contributed by atoms with van der Waals surface area (Å²) in [6, 6.07) is 2.78. The maximum atomic E-state index is 13.3. The van der Waals surface area contributed by atoms with E-state index in [1.165, 1.54) is 32.4 Å². The van der Waals surface area contributed by atoms with Gasteiger partial charge in [0.1, 0.15) is 11.3 Å². The quantitative estimate of drug-likeness (QED) is 0.811. The zero-order valence-electron chi connectivity index (χ0n) is 11.7. The Morgan fingerprint density at radius 3 is 2.73 bits per heavy atom. The second kappa shape index (κ2) is 6.04. The van der Waals surface area contributed by atoms with Gasteiger partial charge in [-0.2, -0.15) is 18.3 Å². The molecule has 118 valence electrons. The molecule has 6 nitrogen and oxygen atoms in total. The average molecular weight is 315 g/mol. The highest BCUT2D eigenvalue weighted by Gasteiger charge is 2.41. The Kier molecular flexibility index (Phi) is 4.34. The zero-order valence-corrected chi connectivity index (χ0v) is 11.7. The van der Waals surface area contributed by atoms with E-state index < -0.39 is 23.4 Å². The molecule has 0 aliphatic rings. The molecular formula is C13H12F3N3O3. The SMILES string of the molecule is CCOC(=O)c1cnn(-c2cccnc2OC)c1C(F)(F)F. The smallest absolute Gasteiger partial charge is 0.434 e. The van der Waals surface area contributed by atoms with Gasteiger partial charge >= 0.3 is 12.1 Å². The van der Waals surface area contributed by atoms with E-state index >= 15 is 0 Å². The number of aromatic nitrogens is 3. The van der Waals surface area contributed by atoms with Crippen molar-refractivity contribution >= 4 is 5.97 Å². The summed E-state index contributed by atoms with van der Waals surface area (Å²) in [6.45, 7) is 1.46. The van der Waals surface area contributed by atoms with Gasteiger partial charge in [-0.1, -0.05) is 0 Å². The lowest BCUT2D eigenvalue weighted by Crippen LogP contribution is -2.19. The average Bonchev–Trinajstić information content (AvgIpc) is 2.92. The van der Waals surface area contributed by atoms with Crippen molar-refractivity contribution in [2.24, 2.45) is 0 Å². The van der Waals surface area contributed by atoms with Crippen LogP contribution in [0.25, 0.3) is 5.69 Å². The van der Waals surface area contributed by atoms with Gasteiger partial charge in [-0.3, -0.25) is 0 Å². The number of pyridine rings is 1. The van der Waals surface area contributed by atoms with Crippen molar-refractivity contribution < 1.29 is 27.4 Å². The van der Waals surface area contributed by atoms with Crippen LogP contribution in [-0.2, 0) is 10.9 Å². The molecule has 0 bridgehead atoms. The van der Waals surface area contributed by atoms with E-state index in [1.807, 2.05) is 0 Å². The van der Waals surface area contributed by atoms with Gasteiger partial charge in [-0.05, 0) is 19.1 Å². The molecule has 0 radical (unpaired) electrons. The molecule has 2 rings (SSSR count). The van der Waals surface area contributed by atoms with Gasteiger partial charge in [0.05, 0.1) is 19.9 Å². The van der Waals surface area contributed by atoms with Gasteiger partial charge in [0.15, 0.2) is 5.69 Å². The second-order valence-electron chi connectivity index (χ2n) is 4.07. The van der Waals surface area contributed by atoms with Crippen LogP contribution in [0.5, 0.6) is 5.88 Å². The number of methoxy groups -OCH3 is 1. The van der Waals surface area contributed by atoms with Crippen LogP contribution in [0.1, 0.15) is 23.0 Å². The molecule has 0 amide bonds. The van der Waals surface area contributed by atoms with Crippen molar-refractivity contribution in [1.82, 2.24) is 14.8 Å². The first-order valence-electron chi connectivity index (χ1n) is 6.21. The van der Waals surface area contributed by atoms with Gasteiger partial charge in [-0.15, -0.1) is 0 Å². The minimum atomic E-state index is -4.81. The Morgan fingerprint density at radius 2 is 2.14 bits per heavy atom. The van der Waals surface area contributed by atoms with Crippen LogP contribution < -0.4 is 4.74 Å². The van der Waals surface area contributed by atoms with E-state index in [0.29, 0.717) is 4.68 Å². The van der Waals surface area contributed by atoms with Crippen LogP contribution in [0.15, 0.2) is 24.5 Å². The number of ether oxygens (including phenoxy) is 2. The molecule has 2 aromatic rings. The van der Waals surface area contributed by atoms with Crippen LogP contribution in [0.2, 0.25) is 0 Å². The monoisotopic (exact) mass is 315 g/mol. The fourth-order valence-corrected chi connectivity index (χ4v) is 1.86. The van der Waals surface area contributed by atoms with Crippen LogP contribution in [-0.4, -0.2) is 34.5 Å². The van der Waals surface area contributed by atoms with Gasteiger partial charge < -0.3 is 9.47 Å². The van der Waals surface area contributed by atoms with Crippen molar-refractivity contribution in [2.45, 2.75) is 13.1 Å². The number of hydrogen-bond donors (Lipinski definition) is 0. The van der Waals surface area contributed by atoms with Crippen LogP contribution in [0.3, 0.4) is 0 Å². The Hall–Kier alpha value is -2.58. The Labute approximate surface area is 123 Å². The normalized spacial score (nSPS) is 11.3. The van der Waals surface area contributed by atoms with E-state index in [1.54, 1.807) is 0 Å². The van der Waals surface area contributed by atoms with Gasteiger partial charge in [0.2, 0.25) is 5.88 Å². The largest absolute Gasteiger partial charge is 0.479 e. The fourth-order valence-electron chi connectivity index (χ4n) is 1.86. The number of halogens is 3. The van der Waals surface area contributed by atoms with Crippen molar-refractivity contribution in [2.75, 3.05) is 13.7 Å². The molecule has 0 fully saturated rings. The summed E-state index contributed by atoms with van der Waals surface area (Å²) in [7, 11) is 1.27. The lowest BCUT2D eigenvalue weighted by Gasteiger charge is -2.13. The summed E-state index contributed by atoms with van der Waals surface area (Å²) < 4.78 is 50.1. The Morgan fingerprint density at radius 1 is 1.41 bits per heavy atom. The van der Waals surface area contributed by atoms with E-state index in [2.05, 4.69) is 14.8 Å². The first-order chi connectivity index (χ1) is 10.4. The minimum absolute atomic E-state index is 0.0344. The van der Waals surface area contributed by atoms with Crippen molar-refractivity contribution in [1.29, 1.82) is 0 Å². The van der Waals surface area contributed by atoms with E-state index in [-0.39, 0.29) is 18.2 Å². The Bertz CT molecular complexity index is 683. The third-order valence-corrected chi connectivity index (χ3v) is 2.71. The summed E-state index contributed by atoms with van der Waals surface area (Å²) in [4.78, 5) is 15.5. The number of nitrogens with zero attached hydrogens (tertiary/aromatic N) is 3. The standard InChI is InChI=1S/C13H12F3N3O3/c1-3-22-12(20)8-7-18-19(10(8)13(14,15)16)9-5-4-6-17-11(9)21-2/h4-7H,3H2,1-2H3. The first-order valence-corrected chi connectivity index (χ1v) is 6.21. The minimum Gasteiger partial charge on any atom is -0.479 e. The first kappa shape index (κ1) is 15.8. The molecule has 0 N–H and O–H groups in total. The zero-order chi connectivity index (χ0) is 16.3. The molecule has 2 heterocycles. The number of hydrogen-bond acceptors (Lipinski definition) is 5.